The van der Waals surface area contributed by atoms with Gasteiger partial charge in [0.2, 0.25) is 0 Å². The average Bonchev–Trinajstić information content (AvgIpc) is 2.92. The van der Waals surface area contributed by atoms with Crippen LogP contribution in [0, 0.1) is 0 Å². The lowest BCUT2D eigenvalue weighted by Gasteiger charge is -2.12. The van der Waals surface area contributed by atoms with Crippen molar-refractivity contribution < 1.29 is 17.9 Å². The van der Waals surface area contributed by atoms with Crippen molar-refractivity contribution in [1.82, 2.24) is 19.9 Å². The summed E-state index contributed by atoms with van der Waals surface area (Å²) in [5.74, 6) is 0.332. The van der Waals surface area contributed by atoms with E-state index in [1.165, 1.54) is 6.07 Å². The van der Waals surface area contributed by atoms with E-state index in [2.05, 4.69) is 19.9 Å². The first-order valence-electron chi connectivity index (χ1n) is 11.6. The van der Waals surface area contributed by atoms with Gasteiger partial charge in [0.15, 0.2) is 0 Å². The number of aromatic amines is 1. The van der Waals surface area contributed by atoms with Crippen molar-refractivity contribution in [2.24, 2.45) is 0 Å². The molecule has 0 radical (unpaired) electrons. The number of nitrogens with one attached hydrogen (secondary N) is 1. The lowest BCUT2D eigenvalue weighted by molar-refractivity contribution is -0.137. The molecule has 0 fully saturated rings. The topological polar surface area (TPSA) is 80.8 Å². The fourth-order valence-corrected chi connectivity index (χ4v) is 4.28. The van der Waals surface area contributed by atoms with Crippen molar-refractivity contribution in [3.8, 4) is 34.3 Å². The van der Waals surface area contributed by atoms with Gasteiger partial charge in [0.05, 0.1) is 28.0 Å². The van der Waals surface area contributed by atoms with Crippen LogP contribution in [0.4, 0.5) is 13.2 Å². The zero-order valence-electron chi connectivity index (χ0n) is 19.5. The maximum atomic E-state index is 13.4. The monoisotopic (exact) mass is 510 g/mol. The minimum Gasteiger partial charge on any atom is -0.424 e. The van der Waals surface area contributed by atoms with Gasteiger partial charge in [-0.2, -0.15) is 28.1 Å². The van der Waals surface area contributed by atoms with Gasteiger partial charge in [-0.05, 0) is 36.4 Å². The summed E-state index contributed by atoms with van der Waals surface area (Å²) in [6.45, 7) is 0. The summed E-state index contributed by atoms with van der Waals surface area (Å²) in [6, 6.07) is 27.0. The molecule has 0 spiro atoms. The first-order chi connectivity index (χ1) is 18.3. The number of hydrogen-bond donors (Lipinski definition) is 1. The normalized spacial score (nSPS) is 11.7. The van der Waals surface area contributed by atoms with E-state index in [1.54, 1.807) is 24.3 Å². The molecular weight excluding hydrogens is 493 g/mol. The molecule has 0 amide bonds. The van der Waals surface area contributed by atoms with Gasteiger partial charge in [0, 0.05) is 21.9 Å². The Balaban J connectivity index is 1.44. The maximum Gasteiger partial charge on any atom is 0.416 e. The van der Waals surface area contributed by atoms with Crippen molar-refractivity contribution >= 4 is 21.8 Å². The van der Waals surface area contributed by atoms with Crippen LogP contribution >= 0.6 is 0 Å². The lowest BCUT2D eigenvalue weighted by atomic mass is 10.0. The van der Waals surface area contributed by atoms with Crippen LogP contribution in [0.25, 0.3) is 44.3 Å². The predicted molar refractivity (Wildman–Crippen MR) is 138 cm³/mol. The molecule has 0 atom stereocenters. The van der Waals surface area contributed by atoms with E-state index in [-0.39, 0.29) is 22.6 Å². The van der Waals surface area contributed by atoms with E-state index < -0.39 is 17.4 Å². The molecular formula is C29H17F3N4O2. The SMILES string of the molecule is O=c1nc(-c2cccc(Oc3nc(-c4ccccc4)c4ccccc4n3)c2)c2cc(C(F)(F)F)ccc2[nH]1. The van der Waals surface area contributed by atoms with Gasteiger partial charge in [-0.1, -0.05) is 60.7 Å². The van der Waals surface area contributed by atoms with E-state index in [0.29, 0.717) is 22.5 Å². The van der Waals surface area contributed by atoms with E-state index in [9.17, 15) is 18.0 Å². The van der Waals surface area contributed by atoms with Crippen LogP contribution in [0.1, 0.15) is 5.56 Å². The average molecular weight is 510 g/mol. The molecule has 0 aliphatic carbocycles. The number of nitrogens with zero attached hydrogens (tertiary/aromatic N) is 3. The molecule has 2 aromatic heterocycles. The highest BCUT2D eigenvalue weighted by Crippen LogP contribution is 2.35. The standard InChI is InChI=1S/C29H17F3N4O2/c30-29(31,32)19-13-14-24-22(16-19)26(35-27(37)33-24)18-9-6-10-20(15-18)38-28-34-23-12-5-4-11-21(23)25(36-28)17-7-2-1-3-8-17/h1-16H,(H,33,35,37). The number of benzene rings is 4. The Morgan fingerprint density at radius 3 is 2.24 bits per heavy atom. The third kappa shape index (κ3) is 4.45. The summed E-state index contributed by atoms with van der Waals surface area (Å²) < 4.78 is 46.1. The number of ether oxygens (including phenoxy) is 1. The van der Waals surface area contributed by atoms with Crippen molar-refractivity contribution in [2.75, 3.05) is 0 Å². The first kappa shape index (κ1) is 23.4. The zero-order chi connectivity index (χ0) is 26.3. The number of hydrogen-bond acceptors (Lipinski definition) is 5. The molecule has 0 bridgehead atoms. The molecule has 2 heterocycles. The van der Waals surface area contributed by atoms with E-state index >= 15 is 0 Å². The Hall–Kier alpha value is -5.05. The summed E-state index contributed by atoms with van der Waals surface area (Å²) in [6.07, 6.45) is -4.55. The molecule has 0 saturated carbocycles. The van der Waals surface area contributed by atoms with Gasteiger partial charge >= 0.3 is 17.9 Å². The van der Waals surface area contributed by atoms with Crippen molar-refractivity contribution in [3.63, 3.8) is 0 Å². The molecule has 0 aliphatic heterocycles. The fourth-order valence-electron chi connectivity index (χ4n) is 4.28. The lowest BCUT2D eigenvalue weighted by Crippen LogP contribution is -2.12. The predicted octanol–water partition coefficient (Wildman–Crippen LogP) is 7.01. The smallest absolute Gasteiger partial charge is 0.416 e. The highest BCUT2D eigenvalue weighted by atomic mass is 19.4. The Labute approximate surface area is 213 Å². The van der Waals surface area contributed by atoms with Gasteiger partial charge in [0.25, 0.3) is 0 Å². The van der Waals surface area contributed by atoms with Crippen molar-refractivity contribution in [1.29, 1.82) is 0 Å². The van der Waals surface area contributed by atoms with Gasteiger partial charge in [-0.3, -0.25) is 0 Å². The van der Waals surface area contributed by atoms with Crippen LogP contribution in [0.3, 0.4) is 0 Å². The van der Waals surface area contributed by atoms with Crippen LogP contribution < -0.4 is 10.4 Å². The molecule has 38 heavy (non-hydrogen) atoms. The third-order valence-electron chi connectivity index (χ3n) is 6.00. The number of halogens is 3. The molecule has 0 unspecified atom stereocenters. The molecule has 6 rings (SSSR count). The number of H-pyrrole nitrogens is 1. The zero-order valence-corrected chi connectivity index (χ0v) is 19.5. The van der Waals surface area contributed by atoms with Crippen LogP contribution in [-0.4, -0.2) is 19.9 Å². The minimum atomic E-state index is -4.55. The van der Waals surface area contributed by atoms with Gasteiger partial charge in [-0.15, -0.1) is 0 Å². The van der Waals surface area contributed by atoms with Crippen molar-refractivity contribution in [3.05, 3.63) is 113 Å². The number of fused-ring (bicyclic) bond motifs is 2. The number of aromatic nitrogens is 4. The largest absolute Gasteiger partial charge is 0.424 e. The van der Waals surface area contributed by atoms with Crippen LogP contribution in [0.2, 0.25) is 0 Å². The van der Waals surface area contributed by atoms with E-state index in [0.717, 1.165) is 23.1 Å². The van der Waals surface area contributed by atoms with Crippen LogP contribution in [0.5, 0.6) is 11.8 Å². The number of rotatable bonds is 4. The summed E-state index contributed by atoms with van der Waals surface area (Å²) in [5.41, 5.74) is 1.51. The Bertz CT molecular complexity index is 1870. The second-order valence-corrected chi connectivity index (χ2v) is 8.52. The van der Waals surface area contributed by atoms with Crippen LogP contribution in [0.15, 0.2) is 102 Å². The Kier molecular flexibility index (Phi) is 5.60. The first-order valence-corrected chi connectivity index (χ1v) is 11.6. The summed E-state index contributed by atoms with van der Waals surface area (Å²) in [5, 5.41) is 1.02. The number of alkyl halides is 3. The molecule has 0 saturated heterocycles. The molecule has 9 heteroatoms. The van der Waals surface area contributed by atoms with Crippen LogP contribution in [-0.2, 0) is 6.18 Å². The molecule has 4 aromatic carbocycles. The van der Waals surface area contributed by atoms with Gasteiger partial charge in [0.1, 0.15) is 5.75 Å². The second-order valence-electron chi connectivity index (χ2n) is 8.52. The Morgan fingerprint density at radius 2 is 1.42 bits per heavy atom. The summed E-state index contributed by atoms with van der Waals surface area (Å²) >= 11 is 0. The van der Waals surface area contributed by atoms with E-state index in [1.807, 2.05) is 54.6 Å². The molecule has 6 nitrogen and oxygen atoms in total. The number of para-hydroxylation sites is 1. The molecule has 1 N–H and O–H groups in total. The summed E-state index contributed by atoms with van der Waals surface area (Å²) in [7, 11) is 0. The highest BCUT2D eigenvalue weighted by Gasteiger charge is 2.31. The van der Waals surface area contributed by atoms with Crippen molar-refractivity contribution in [2.45, 2.75) is 6.18 Å². The fraction of sp³-hybridized carbons (Fsp3) is 0.0345. The molecule has 186 valence electrons. The second kappa shape index (κ2) is 9.11. The Morgan fingerprint density at radius 1 is 0.684 bits per heavy atom. The highest BCUT2D eigenvalue weighted by molar-refractivity contribution is 5.93. The molecule has 6 aromatic rings. The quantitative estimate of drug-likeness (QED) is 0.276. The van der Waals surface area contributed by atoms with Gasteiger partial charge < -0.3 is 9.72 Å². The van der Waals surface area contributed by atoms with Gasteiger partial charge in [-0.25, -0.2) is 4.79 Å². The van der Waals surface area contributed by atoms with E-state index in [4.69, 9.17) is 4.74 Å². The maximum absolute atomic E-state index is 13.4. The third-order valence-corrected chi connectivity index (χ3v) is 6.00. The summed E-state index contributed by atoms with van der Waals surface area (Å²) in [4.78, 5) is 27.8. The molecule has 0 aliphatic rings. The minimum absolute atomic E-state index is 0.0998.